The number of sulfonamides is 1. The number of benzene rings is 1. The summed E-state index contributed by atoms with van der Waals surface area (Å²) in [5, 5.41) is 11.6. The van der Waals surface area contributed by atoms with Crippen LogP contribution in [-0.4, -0.2) is 42.8 Å². The number of carbonyl (C=O) groups is 2. The number of hydrogen-bond donors (Lipinski definition) is 3. The normalized spacial score (nSPS) is 19.1. The summed E-state index contributed by atoms with van der Waals surface area (Å²) >= 11 is 0. The third-order valence-corrected chi connectivity index (χ3v) is 7.68. The first-order valence-corrected chi connectivity index (χ1v) is 11.7. The monoisotopic (exact) mass is 447 g/mol. The molecule has 2 aromatic rings. The van der Waals surface area contributed by atoms with E-state index in [0.717, 1.165) is 43.2 Å². The van der Waals surface area contributed by atoms with Gasteiger partial charge in [-0.05, 0) is 62.3 Å². The molecule has 3 N–H and O–H groups in total. The molecule has 0 radical (unpaired) electrons. The number of aryl methyl sites for hydroxylation is 2. The molecule has 2 heterocycles. The van der Waals surface area contributed by atoms with Crippen molar-refractivity contribution in [3.63, 3.8) is 0 Å². The predicted molar refractivity (Wildman–Crippen MR) is 110 cm³/mol. The van der Waals surface area contributed by atoms with E-state index in [-0.39, 0.29) is 22.5 Å². The zero-order valence-corrected chi connectivity index (χ0v) is 18.0. The molecule has 10 heteroatoms. The molecule has 1 fully saturated rings. The maximum atomic E-state index is 12.9. The fraction of sp³-hybridized carbons (Fsp3) is 0.429. The van der Waals surface area contributed by atoms with Gasteiger partial charge in [-0.1, -0.05) is 6.07 Å². The van der Waals surface area contributed by atoms with Crippen LogP contribution in [0.4, 0.5) is 0 Å². The van der Waals surface area contributed by atoms with E-state index in [1.165, 1.54) is 10.4 Å². The molecule has 4 rings (SSSR count). The van der Waals surface area contributed by atoms with Crippen LogP contribution in [0.1, 0.15) is 69.3 Å². The largest absolute Gasteiger partial charge is 0.448 e. The summed E-state index contributed by atoms with van der Waals surface area (Å²) in [7, 11) is -3.74. The van der Waals surface area contributed by atoms with E-state index in [4.69, 9.17) is 9.62 Å². The van der Waals surface area contributed by atoms with Crippen LogP contribution >= 0.6 is 0 Å². The molecule has 2 aliphatic rings. The molecule has 166 valence electrons. The van der Waals surface area contributed by atoms with E-state index in [1.807, 2.05) is 0 Å². The first-order valence-electron chi connectivity index (χ1n) is 10.3. The summed E-state index contributed by atoms with van der Waals surface area (Å²) in [4.78, 5) is 24.6. The van der Waals surface area contributed by atoms with Crippen molar-refractivity contribution in [3.8, 4) is 0 Å². The van der Waals surface area contributed by atoms with Crippen molar-refractivity contribution in [2.45, 2.75) is 50.2 Å². The minimum absolute atomic E-state index is 0.196. The van der Waals surface area contributed by atoms with Gasteiger partial charge >= 0.3 is 0 Å². The minimum Gasteiger partial charge on any atom is -0.448 e. The van der Waals surface area contributed by atoms with Gasteiger partial charge in [0.1, 0.15) is 5.76 Å². The van der Waals surface area contributed by atoms with E-state index in [9.17, 15) is 18.0 Å². The van der Waals surface area contributed by atoms with Gasteiger partial charge in [0.15, 0.2) is 0 Å². The fourth-order valence-electron chi connectivity index (χ4n) is 4.27. The van der Waals surface area contributed by atoms with Crippen molar-refractivity contribution in [2.24, 2.45) is 0 Å². The van der Waals surface area contributed by atoms with E-state index >= 15 is 0 Å². The molecule has 0 spiro atoms. The number of rotatable bonds is 5. The Balaban J connectivity index is 1.55. The van der Waals surface area contributed by atoms with Crippen molar-refractivity contribution in [2.75, 3.05) is 13.1 Å². The number of hydrogen-bond acceptors (Lipinski definition) is 6. The smallest absolute Gasteiger partial charge is 0.276 e. The summed E-state index contributed by atoms with van der Waals surface area (Å²) in [6, 6.07) is 6.11. The number of furan rings is 1. The Morgan fingerprint density at radius 1 is 1.13 bits per heavy atom. The SMILES string of the molecule is Cc1oc(S(=O)(=O)N2CCCC2)cc1C(=O)NC1CCCc2cc(C(=O)NO)ccc21. The van der Waals surface area contributed by atoms with Crippen molar-refractivity contribution in [1.29, 1.82) is 0 Å². The number of nitrogens with one attached hydrogen (secondary N) is 2. The van der Waals surface area contributed by atoms with Crippen LogP contribution in [0.5, 0.6) is 0 Å². The molecule has 31 heavy (non-hydrogen) atoms. The fourth-order valence-corrected chi connectivity index (χ4v) is 5.76. The van der Waals surface area contributed by atoms with Crippen LogP contribution in [0.2, 0.25) is 0 Å². The number of amides is 2. The predicted octanol–water partition coefficient (Wildman–Crippen LogP) is 2.30. The Kier molecular flexibility index (Phi) is 5.87. The molecule has 1 aliphatic heterocycles. The number of nitrogens with zero attached hydrogens (tertiary/aromatic N) is 1. The van der Waals surface area contributed by atoms with Crippen molar-refractivity contribution in [3.05, 3.63) is 52.3 Å². The highest BCUT2D eigenvalue weighted by Crippen LogP contribution is 2.31. The zero-order valence-electron chi connectivity index (χ0n) is 17.2. The van der Waals surface area contributed by atoms with Crippen LogP contribution in [-0.2, 0) is 16.4 Å². The quantitative estimate of drug-likeness (QED) is 0.476. The van der Waals surface area contributed by atoms with Crippen molar-refractivity contribution >= 4 is 21.8 Å². The molecule has 1 saturated heterocycles. The van der Waals surface area contributed by atoms with Gasteiger partial charge < -0.3 is 9.73 Å². The third kappa shape index (κ3) is 4.10. The molecule has 1 aromatic carbocycles. The lowest BCUT2D eigenvalue weighted by molar-refractivity contribution is 0.0706. The van der Waals surface area contributed by atoms with Crippen LogP contribution < -0.4 is 10.8 Å². The first-order chi connectivity index (χ1) is 14.8. The van der Waals surface area contributed by atoms with Crippen molar-refractivity contribution < 1.29 is 27.6 Å². The van der Waals surface area contributed by atoms with Crippen LogP contribution in [0, 0.1) is 6.92 Å². The molecular formula is C21H25N3O6S. The van der Waals surface area contributed by atoms with Crippen molar-refractivity contribution in [1.82, 2.24) is 15.1 Å². The Bertz CT molecular complexity index is 1120. The van der Waals surface area contributed by atoms with E-state index < -0.39 is 21.8 Å². The van der Waals surface area contributed by atoms with Gasteiger partial charge in [0.2, 0.25) is 5.09 Å². The summed E-state index contributed by atoms with van der Waals surface area (Å²) in [5.41, 5.74) is 3.99. The molecule has 2 amide bonds. The highest BCUT2D eigenvalue weighted by Gasteiger charge is 2.32. The number of hydroxylamine groups is 1. The maximum absolute atomic E-state index is 12.9. The molecule has 1 aromatic heterocycles. The lowest BCUT2D eigenvalue weighted by Gasteiger charge is -2.26. The van der Waals surface area contributed by atoms with Gasteiger partial charge in [-0.15, -0.1) is 0 Å². The lowest BCUT2D eigenvalue weighted by Crippen LogP contribution is -2.31. The lowest BCUT2D eigenvalue weighted by atomic mass is 9.86. The van der Waals surface area contributed by atoms with E-state index in [0.29, 0.717) is 18.7 Å². The topological polar surface area (TPSA) is 129 Å². The zero-order chi connectivity index (χ0) is 22.2. The van der Waals surface area contributed by atoms with Gasteiger partial charge in [-0.2, -0.15) is 4.31 Å². The first kappa shape index (κ1) is 21.5. The molecule has 1 unspecified atom stereocenters. The van der Waals surface area contributed by atoms with Gasteiger partial charge in [0.05, 0.1) is 11.6 Å². The Morgan fingerprint density at radius 2 is 1.87 bits per heavy atom. The Labute approximate surface area is 180 Å². The highest BCUT2D eigenvalue weighted by atomic mass is 32.2. The minimum atomic E-state index is -3.74. The molecular weight excluding hydrogens is 422 g/mol. The average Bonchev–Trinajstić information content (AvgIpc) is 3.43. The average molecular weight is 448 g/mol. The molecule has 1 atom stereocenters. The third-order valence-electron chi connectivity index (χ3n) is 5.93. The van der Waals surface area contributed by atoms with Gasteiger partial charge in [0.25, 0.3) is 21.8 Å². The second kappa shape index (κ2) is 8.45. The standard InChI is InChI=1S/C21H25N3O6S/c1-13-17(12-19(30-13)31(28,29)24-9-2-3-10-24)21(26)22-18-6-4-5-14-11-15(20(25)23-27)7-8-16(14)18/h7-8,11-12,18,27H,2-6,9-10H2,1H3,(H,22,26)(H,23,25). The Hall–Kier alpha value is -2.69. The second-order valence-electron chi connectivity index (χ2n) is 7.92. The van der Waals surface area contributed by atoms with Crippen LogP contribution in [0.25, 0.3) is 0 Å². The molecule has 0 saturated carbocycles. The summed E-state index contributed by atoms with van der Waals surface area (Å²) in [5.74, 6) is -0.741. The highest BCUT2D eigenvalue weighted by molar-refractivity contribution is 7.89. The van der Waals surface area contributed by atoms with Gasteiger partial charge in [-0.25, -0.2) is 13.9 Å². The number of carbonyl (C=O) groups excluding carboxylic acids is 2. The van der Waals surface area contributed by atoms with Gasteiger partial charge in [0, 0.05) is 24.7 Å². The molecule has 1 aliphatic carbocycles. The van der Waals surface area contributed by atoms with E-state index in [2.05, 4.69) is 5.32 Å². The second-order valence-corrected chi connectivity index (χ2v) is 9.79. The summed E-state index contributed by atoms with van der Waals surface area (Å²) in [6.07, 6.45) is 3.93. The van der Waals surface area contributed by atoms with Gasteiger partial charge in [-0.3, -0.25) is 14.8 Å². The summed E-state index contributed by atoms with van der Waals surface area (Å²) in [6.45, 7) is 2.49. The maximum Gasteiger partial charge on any atom is 0.276 e. The molecule has 0 bridgehead atoms. The van der Waals surface area contributed by atoms with Crippen LogP contribution in [0.15, 0.2) is 33.8 Å². The molecule has 9 nitrogen and oxygen atoms in total. The van der Waals surface area contributed by atoms with Crippen LogP contribution in [0.3, 0.4) is 0 Å². The summed E-state index contributed by atoms with van der Waals surface area (Å²) < 4.78 is 32.3. The Morgan fingerprint density at radius 3 is 2.58 bits per heavy atom. The van der Waals surface area contributed by atoms with E-state index in [1.54, 1.807) is 30.6 Å². The number of fused-ring (bicyclic) bond motifs is 1.